The number of rotatable bonds is 6. The fourth-order valence-corrected chi connectivity index (χ4v) is 4.33. The maximum absolute atomic E-state index is 12.8. The Bertz CT molecular complexity index is 1260. The highest BCUT2D eigenvalue weighted by Gasteiger charge is 2.24. The zero-order chi connectivity index (χ0) is 22.7. The second-order valence-corrected chi connectivity index (χ2v) is 9.35. The highest BCUT2D eigenvalue weighted by atomic mass is 32.2. The van der Waals surface area contributed by atoms with E-state index in [4.69, 9.17) is 4.52 Å². The molecule has 1 aliphatic rings. The number of nitrogens with zero attached hydrogens (tertiary/aromatic N) is 4. The van der Waals surface area contributed by atoms with Gasteiger partial charge in [0.15, 0.2) is 5.82 Å². The van der Waals surface area contributed by atoms with Gasteiger partial charge in [-0.05, 0) is 36.8 Å². The maximum Gasteiger partial charge on any atom is 0.273 e. The molecule has 0 N–H and O–H groups in total. The molecule has 0 spiro atoms. The Hall–Kier alpha value is -3.72. The Morgan fingerprint density at radius 1 is 1.16 bits per heavy atom. The molecule has 164 valence electrons. The minimum absolute atomic E-state index is 0.0207. The summed E-state index contributed by atoms with van der Waals surface area (Å²) in [6.07, 6.45) is 5.55. The normalized spacial score (nSPS) is 16.1. The lowest BCUT2D eigenvalue weighted by Crippen LogP contribution is -2.26. The van der Waals surface area contributed by atoms with Gasteiger partial charge in [-0.25, -0.2) is 13.4 Å². The van der Waals surface area contributed by atoms with Crippen molar-refractivity contribution in [3.05, 3.63) is 83.6 Å². The molecule has 1 unspecified atom stereocenters. The molecular weight excluding hydrogens is 428 g/mol. The molecule has 1 aromatic heterocycles. The van der Waals surface area contributed by atoms with Crippen molar-refractivity contribution in [3.63, 3.8) is 0 Å². The average molecular weight is 451 g/mol. The fraction of sp³-hybridized carbons (Fsp3) is 0.174. The van der Waals surface area contributed by atoms with Crippen LogP contribution in [0.15, 0.2) is 81.3 Å². The van der Waals surface area contributed by atoms with Crippen LogP contribution in [-0.4, -0.2) is 44.3 Å². The van der Waals surface area contributed by atoms with Crippen LogP contribution in [0.1, 0.15) is 21.7 Å². The molecule has 8 nitrogen and oxygen atoms in total. The van der Waals surface area contributed by atoms with Crippen LogP contribution in [-0.2, 0) is 10.0 Å². The highest BCUT2D eigenvalue weighted by Crippen LogP contribution is 2.22. The molecule has 2 aromatic carbocycles. The highest BCUT2D eigenvalue weighted by molar-refractivity contribution is 7.92. The monoisotopic (exact) mass is 450 g/mol. The lowest BCUT2D eigenvalue weighted by Gasteiger charge is -2.16. The van der Waals surface area contributed by atoms with Crippen molar-refractivity contribution in [2.75, 3.05) is 17.9 Å². The standard InChI is InChI=1S/C23H22N4O4S/c1-17-14-22(25-31-17)26(2)32(29,30)21-12-10-18(11-13-21)8-9-19-15-24-27(16-19)23(28)20-6-4-3-5-7-20/h3-15,19H,16H2,1-2H3/b9-8+. The lowest BCUT2D eigenvalue weighted by molar-refractivity contribution is 0.0772. The lowest BCUT2D eigenvalue weighted by atomic mass is 10.1. The predicted octanol–water partition coefficient (Wildman–Crippen LogP) is 3.58. The second-order valence-electron chi connectivity index (χ2n) is 7.38. The van der Waals surface area contributed by atoms with Gasteiger partial charge >= 0.3 is 0 Å². The van der Waals surface area contributed by atoms with Gasteiger partial charge in [0, 0.05) is 30.8 Å². The molecule has 3 aromatic rings. The van der Waals surface area contributed by atoms with Gasteiger partial charge in [0.25, 0.3) is 15.9 Å². The number of anilines is 1. The van der Waals surface area contributed by atoms with Gasteiger partial charge in [0.2, 0.25) is 0 Å². The van der Waals surface area contributed by atoms with Crippen molar-refractivity contribution in [1.29, 1.82) is 0 Å². The zero-order valence-electron chi connectivity index (χ0n) is 17.6. The zero-order valence-corrected chi connectivity index (χ0v) is 18.4. The quantitative estimate of drug-likeness (QED) is 0.572. The summed E-state index contributed by atoms with van der Waals surface area (Å²) in [7, 11) is -2.31. The molecule has 0 radical (unpaired) electrons. The molecule has 0 saturated heterocycles. The van der Waals surface area contributed by atoms with Crippen LogP contribution in [0, 0.1) is 12.8 Å². The topological polar surface area (TPSA) is 96.1 Å². The van der Waals surface area contributed by atoms with Crippen molar-refractivity contribution in [3.8, 4) is 0 Å². The van der Waals surface area contributed by atoms with E-state index in [1.807, 2.05) is 30.4 Å². The number of sulfonamides is 1. The first-order valence-corrected chi connectivity index (χ1v) is 11.4. The van der Waals surface area contributed by atoms with Crippen molar-refractivity contribution < 1.29 is 17.7 Å². The summed E-state index contributed by atoms with van der Waals surface area (Å²) in [5.41, 5.74) is 1.43. The molecule has 32 heavy (non-hydrogen) atoms. The predicted molar refractivity (Wildman–Crippen MR) is 122 cm³/mol. The molecule has 0 aliphatic carbocycles. The van der Waals surface area contributed by atoms with Crippen molar-refractivity contribution in [1.82, 2.24) is 10.2 Å². The fourth-order valence-electron chi connectivity index (χ4n) is 3.20. The molecule has 1 amide bonds. The third-order valence-corrected chi connectivity index (χ3v) is 6.82. The van der Waals surface area contributed by atoms with Crippen LogP contribution < -0.4 is 4.31 Å². The summed E-state index contributed by atoms with van der Waals surface area (Å²) in [5, 5.41) is 9.41. The van der Waals surface area contributed by atoms with E-state index in [1.165, 1.54) is 12.1 Å². The summed E-state index contributed by atoms with van der Waals surface area (Å²) < 4.78 is 31.7. The number of hydrogen-bond donors (Lipinski definition) is 0. The first-order valence-electron chi connectivity index (χ1n) is 9.96. The Morgan fingerprint density at radius 3 is 2.53 bits per heavy atom. The third kappa shape index (κ3) is 4.47. The van der Waals surface area contributed by atoms with Gasteiger partial charge in [-0.15, -0.1) is 0 Å². The minimum atomic E-state index is -3.75. The van der Waals surface area contributed by atoms with Gasteiger partial charge in [-0.3, -0.25) is 9.10 Å². The van der Waals surface area contributed by atoms with Crippen LogP contribution in [0.25, 0.3) is 6.08 Å². The number of benzene rings is 2. The average Bonchev–Trinajstić information content (AvgIpc) is 3.46. The first kappa shape index (κ1) is 21.5. The second kappa shape index (κ2) is 8.80. The molecule has 0 bridgehead atoms. The number of carbonyl (C=O) groups excluding carboxylic acids is 1. The maximum atomic E-state index is 12.8. The molecule has 4 rings (SSSR count). The number of hydrazone groups is 1. The Labute approximate surface area is 186 Å². The smallest absolute Gasteiger partial charge is 0.273 e. The van der Waals surface area contributed by atoms with Crippen LogP contribution in [0.3, 0.4) is 0 Å². The van der Waals surface area contributed by atoms with Gasteiger partial charge in [0.05, 0.1) is 11.4 Å². The van der Waals surface area contributed by atoms with Crippen LogP contribution in [0.2, 0.25) is 0 Å². The number of aryl methyl sites for hydroxylation is 1. The van der Waals surface area contributed by atoms with E-state index >= 15 is 0 Å². The summed E-state index contributed by atoms with van der Waals surface area (Å²) >= 11 is 0. The van der Waals surface area contributed by atoms with Gasteiger partial charge in [-0.1, -0.05) is 47.6 Å². The molecule has 0 saturated carbocycles. The third-order valence-electron chi connectivity index (χ3n) is 5.05. The summed E-state index contributed by atoms with van der Waals surface area (Å²) in [4.78, 5) is 12.6. The van der Waals surface area contributed by atoms with E-state index in [0.29, 0.717) is 17.9 Å². The van der Waals surface area contributed by atoms with Gasteiger partial charge in [-0.2, -0.15) is 5.10 Å². The number of amides is 1. The summed E-state index contributed by atoms with van der Waals surface area (Å²) in [6.45, 7) is 2.16. The van der Waals surface area contributed by atoms with Gasteiger partial charge < -0.3 is 4.52 Å². The molecule has 2 heterocycles. The molecule has 9 heteroatoms. The number of hydrogen-bond acceptors (Lipinski definition) is 6. The molecule has 1 aliphatic heterocycles. The summed E-state index contributed by atoms with van der Waals surface area (Å²) in [6, 6.07) is 17.1. The summed E-state index contributed by atoms with van der Waals surface area (Å²) in [5.74, 6) is 0.593. The van der Waals surface area contributed by atoms with E-state index in [1.54, 1.807) is 55.6 Å². The van der Waals surface area contributed by atoms with E-state index in [-0.39, 0.29) is 22.5 Å². The van der Waals surface area contributed by atoms with E-state index in [2.05, 4.69) is 10.3 Å². The van der Waals surface area contributed by atoms with Crippen molar-refractivity contribution in [2.45, 2.75) is 11.8 Å². The molecular formula is C23H22N4O4S. The molecule has 0 fully saturated rings. The van der Waals surface area contributed by atoms with E-state index < -0.39 is 10.0 Å². The van der Waals surface area contributed by atoms with Crippen LogP contribution >= 0.6 is 0 Å². The minimum Gasteiger partial charge on any atom is -0.360 e. The largest absolute Gasteiger partial charge is 0.360 e. The Kier molecular flexibility index (Phi) is 5.91. The van der Waals surface area contributed by atoms with E-state index in [0.717, 1.165) is 9.87 Å². The van der Waals surface area contributed by atoms with Crippen molar-refractivity contribution >= 4 is 34.0 Å². The van der Waals surface area contributed by atoms with Crippen LogP contribution in [0.5, 0.6) is 0 Å². The Balaban J connectivity index is 1.40. The van der Waals surface area contributed by atoms with Crippen molar-refractivity contribution in [2.24, 2.45) is 11.0 Å². The van der Waals surface area contributed by atoms with E-state index in [9.17, 15) is 13.2 Å². The Morgan fingerprint density at radius 2 is 1.88 bits per heavy atom. The number of aromatic nitrogens is 1. The number of carbonyl (C=O) groups is 1. The van der Waals surface area contributed by atoms with Gasteiger partial charge in [0.1, 0.15) is 5.76 Å². The SMILES string of the molecule is Cc1cc(N(C)S(=O)(=O)c2ccc(/C=C/C3C=NN(C(=O)c4ccccc4)C3)cc2)no1. The first-order chi connectivity index (χ1) is 15.3. The van der Waals surface area contributed by atoms with Crippen LogP contribution in [0.4, 0.5) is 5.82 Å². The molecule has 1 atom stereocenters.